The molecule has 0 bridgehead atoms. The average molecular weight is 286 g/mol. The molecule has 1 aliphatic rings. The highest BCUT2D eigenvalue weighted by Gasteiger charge is 2.22. The smallest absolute Gasteiger partial charge is 0.229 e. The second kappa shape index (κ2) is 6.18. The van der Waals surface area contributed by atoms with Crippen LogP contribution in [0.2, 0.25) is 0 Å². The summed E-state index contributed by atoms with van der Waals surface area (Å²) in [5, 5.41) is 3.32. The third-order valence-electron chi connectivity index (χ3n) is 3.63. The summed E-state index contributed by atoms with van der Waals surface area (Å²) in [6, 6.07) is 4.90. The Labute approximate surface area is 124 Å². The number of anilines is 2. The molecule has 2 aromatic rings. The molecule has 1 aromatic carbocycles. The molecule has 4 nitrogen and oxygen atoms in total. The molecule has 0 saturated carbocycles. The lowest BCUT2D eigenvalue weighted by atomic mass is 10.2. The number of nitrogens with zero attached hydrogens (tertiary/aromatic N) is 3. The first-order valence-electron chi connectivity index (χ1n) is 7.35. The van der Waals surface area contributed by atoms with Crippen molar-refractivity contribution >= 4 is 11.6 Å². The minimum Gasteiger partial charge on any atom is -0.313 e. The van der Waals surface area contributed by atoms with Gasteiger partial charge in [-0.25, -0.2) is 14.4 Å². The van der Waals surface area contributed by atoms with Crippen LogP contribution in [0.25, 0.3) is 0 Å². The van der Waals surface area contributed by atoms with Gasteiger partial charge in [-0.2, -0.15) is 0 Å². The topological polar surface area (TPSA) is 41.1 Å². The van der Waals surface area contributed by atoms with Gasteiger partial charge in [-0.15, -0.1) is 0 Å². The van der Waals surface area contributed by atoms with Crippen LogP contribution in [0.5, 0.6) is 0 Å². The minimum atomic E-state index is -0.221. The fourth-order valence-electron chi connectivity index (χ4n) is 2.55. The predicted octanol–water partition coefficient (Wildman–Crippen LogP) is 2.81. The van der Waals surface area contributed by atoms with Gasteiger partial charge >= 0.3 is 0 Å². The van der Waals surface area contributed by atoms with Crippen molar-refractivity contribution < 1.29 is 4.39 Å². The van der Waals surface area contributed by atoms with Crippen LogP contribution in [0.15, 0.2) is 30.6 Å². The summed E-state index contributed by atoms with van der Waals surface area (Å²) in [6.45, 7) is 4.70. The van der Waals surface area contributed by atoms with Gasteiger partial charge in [0.1, 0.15) is 5.82 Å². The van der Waals surface area contributed by atoms with Crippen LogP contribution in [-0.4, -0.2) is 23.1 Å². The summed E-state index contributed by atoms with van der Waals surface area (Å²) in [7, 11) is 0. The first-order valence-corrected chi connectivity index (χ1v) is 7.35. The van der Waals surface area contributed by atoms with Crippen LogP contribution in [0.4, 0.5) is 16.0 Å². The molecule has 1 aliphatic heterocycles. The first-order chi connectivity index (χ1) is 10.3. The fraction of sp³-hybridized carbons (Fsp3) is 0.375. The Morgan fingerprint density at radius 3 is 2.86 bits per heavy atom. The first kappa shape index (κ1) is 13.9. The number of rotatable bonds is 5. The zero-order chi connectivity index (χ0) is 14.7. The number of aromatic nitrogens is 2. The number of hydrogen-bond acceptors (Lipinski definition) is 4. The Morgan fingerprint density at radius 1 is 1.29 bits per heavy atom. The van der Waals surface area contributed by atoms with E-state index in [9.17, 15) is 4.39 Å². The predicted molar refractivity (Wildman–Crippen MR) is 81.1 cm³/mol. The zero-order valence-electron chi connectivity index (χ0n) is 12.1. The van der Waals surface area contributed by atoms with Gasteiger partial charge in [0.05, 0.1) is 5.69 Å². The third-order valence-corrected chi connectivity index (χ3v) is 3.63. The third kappa shape index (κ3) is 3.03. The van der Waals surface area contributed by atoms with E-state index in [-0.39, 0.29) is 5.82 Å². The van der Waals surface area contributed by atoms with Crippen molar-refractivity contribution in [3.63, 3.8) is 0 Å². The van der Waals surface area contributed by atoms with E-state index < -0.39 is 0 Å². The quantitative estimate of drug-likeness (QED) is 0.858. The highest BCUT2D eigenvalue weighted by molar-refractivity contribution is 5.65. The Balaban J connectivity index is 1.75. The maximum atomic E-state index is 13.4. The van der Waals surface area contributed by atoms with Crippen molar-refractivity contribution in [3.05, 3.63) is 47.5 Å². The molecule has 0 saturated heterocycles. The summed E-state index contributed by atoms with van der Waals surface area (Å²) in [4.78, 5) is 10.8. The van der Waals surface area contributed by atoms with Crippen LogP contribution in [0.3, 0.4) is 0 Å². The van der Waals surface area contributed by atoms with E-state index in [0.717, 1.165) is 49.3 Å². The van der Waals surface area contributed by atoms with E-state index in [1.165, 1.54) is 6.07 Å². The van der Waals surface area contributed by atoms with Gasteiger partial charge in [0.25, 0.3) is 0 Å². The summed E-state index contributed by atoms with van der Waals surface area (Å²) >= 11 is 0. The molecule has 0 radical (unpaired) electrons. The molecule has 0 fully saturated rings. The van der Waals surface area contributed by atoms with Gasteiger partial charge in [0.2, 0.25) is 5.95 Å². The normalized spacial score (nSPS) is 13.5. The van der Waals surface area contributed by atoms with Gasteiger partial charge in [-0.05, 0) is 37.1 Å². The van der Waals surface area contributed by atoms with Crippen LogP contribution in [-0.2, 0) is 13.0 Å². The minimum absolute atomic E-state index is 0.221. The van der Waals surface area contributed by atoms with Gasteiger partial charge < -0.3 is 10.2 Å². The van der Waals surface area contributed by atoms with Crippen LogP contribution < -0.4 is 10.2 Å². The van der Waals surface area contributed by atoms with Crippen molar-refractivity contribution in [3.8, 4) is 0 Å². The highest BCUT2D eigenvalue weighted by atomic mass is 19.1. The largest absolute Gasteiger partial charge is 0.313 e. The van der Waals surface area contributed by atoms with Crippen LogP contribution in [0.1, 0.15) is 24.5 Å². The Hall–Kier alpha value is -2.01. The molecule has 0 unspecified atom stereocenters. The molecular formula is C16H19FN4. The van der Waals surface area contributed by atoms with Crippen LogP contribution >= 0.6 is 0 Å². The van der Waals surface area contributed by atoms with E-state index in [4.69, 9.17) is 0 Å². The van der Waals surface area contributed by atoms with Gasteiger partial charge in [-0.1, -0.05) is 13.0 Å². The molecule has 0 atom stereocenters. The number of halogens is 1. The van der Waals surface area contributed by atoms with Crippen molar-refractivity contribution in [1.82, 2.24) is 15.3 Å². The molecular weight excluding hydrogens is 267 g/mol. The summed E-state index contributed by atoms with van der Waals surface area (Å²) in [6.07, 6.45) is 5.68. The second-order valence-corrected chi connectivity index (χ2v) is 5.24. The van der Waals surface area contributed by atoms with Gasteiger partial charge in [0, 0.05) is 31.0 Å². The maximum absolute atomic E-state index is 13.4. The molecule has 0 aliphatic carbocycles. The molecule has 3 rings (SSSR count). The van der Waals surface area contributed by atoms with E-state index in [0.29, 0.717) is 5.95 Å². The Kier molecular flexibility index (Phi) is 4.10. The lowest BCUT2D eigenvalue weighted by molar-refractivity contribution is 0.628. The molecule has 1 aromatic heterocycles. The molecule has 21 heavy (non-hydrogen) atoms. The molecule has 0 amide bonds. The van der Waals surface area contributed by atoms with Crippen molar-refractivity contribution in [2.24, 2.45) is 0 Å². The van der Waals surface area contributed by atoms with Crippen LogP contribution in [0, 0.1) is 5.82 Å². The summed E-state index contributed by atoms with van der Waals surface area (Å²) in [5.41, 5.74) is 3.09. The monoisotopic (exact) mass is 286 g/mol. The number of hydrogen-bond donors (Lipinski definition) is 1. The van der Waals surface area contributed by atoms with E-state index >= 15 is 0 Å². The zero-order valence-corrected chi connectivity index (χ0v) is 12.1. The Morgan fingerprint density at radius 2 is 2.10 bits per heavy atom. The van der Waals surface area contributed by atoms with Crippen molar-refractivity contribution in [1.29, 1.82) is 0 Å². The molecule has 110 valence electrons. The molecule has 0 spiro atoms. The van der Waals surface area contributed by atoms with Crippen molar-refractivity contribution in [2.75, 3.05) is 18.0 Å². The van der Waals surface area contributed by atoms with Crippen molar-refractivity contribution in [2.45, 2.75) is 26.3 Å². The summed E-state index contributed by atoms with van der Waals surface area (Å²) in [5.74, 6) is 0.416. The summed E-state index contributed by atoms with van der Waals surface area (Å²) < 4.78 is 13.4. The number of fused-ring (bicyclic) bond motifs is 1. The average Bonchev–Trinajstić information content (AvgIpc) is 2.91. The lowest BCUT2D eigenvalue weighted by Crippen LogP contribution is -2.18. The molecule has 1 N–H and O–H groups in total. The molecule has 2 heterocycles. The van der Waals surface area contributed by atoms with E-state index in [2.05, 4.69) is 22.2 Å². The molecule has 5 heteroatoms. The van der Waals surface area contributed by atoms with E-state index in [1.54, 1.807) is 6.07 Å². The van der Waals surface area contributed by atoms with Gasteiger partial charge in [0.15, 0.2) is 0 Å². The van der Waals surface area contributed by atoms with E-state index in [1.807, 2.05) is 23.4 Å². The number of nitrogens with one attached hydrogen (secondary N) is 1. The standard InChI is InChI=1S/C16H19FN4/c1-2-6-18-9-12-10-19-16(20-11-12)21-7-5-13-3-4-14(17)8-15(13)21/h3-4,8,10-11,18H,2,5-7,9H2,1H3. The fourth-order valence-corrected chi connectivity index (χ4v) is 2.55. The second-order valence-electron chi connectivity index (χ2n) is 5.24. The maximum Gasteiger partial charge on any atom is 0.229 e. The highest BCUT2D eigenvalue weighted by Crippen LogP contribution is 2.32. The lowest BCUT2D eigenvalue weighted by Gasteiger charge is -2.17. The number of benzene rings is 1. The Bertz CT molecular complexity index is 612. The van der Waals surface area contributed by atoms with Gasteiger partial charge in [-0.3, -0.25) is 0 Å². The SMILES string of the molecule is CCCNCc1cnc(N2CCc3ccc(F)cc32)nc1.